The van der Waals surface area contributed by atoms with Crippen LogP contribution < -0.4 is 21.1 Å². The molecule has 2 heterocycles. The zero-order valence-corrected chi connectivity index (χ0v) is 17.8. The topological polar surface area (TPSA) is 90.3 Å². The van der Waals surface area contributed by atoms with Crippen molar-refractivity contribution in [2.24, 2.45) is 5.73 Å². The third-order valence-corrected chi connectivity index (χ3v) is 5.48. The number of anilines is 2. The summed E-state index contributed by atoms with van der Waals surface area (Å²) in [6.45, 7) is 1.77. The lowest BCUT2D eigenvalue weighted by Crippen LogP contribution is -2.39. The van der Waals surface area contributed by atoms with E-state index in [1.807, 2.05) is 24.3 Å². The third kappa shape index (κ3) is 5.32. The fourth-order valence-corrected chi connectivity index (χ4v) is 3.78. The van der Waals surface area contributed by atoms with E-state index >= 15 is 0 Å². The molecule has 1 saturated carbocycles. The van der Waals surface area contributed by atoms with Crippen LogP contribution in [0.2, 0.25) is 5.02 Å². The molecule has 2 fully saturated rings. The minimum absolute atomic E-state index is 0. The summed E-state index contributed by atoms with van der Waals surface area (Å²) in [6.07, 6.45) is 4.04. The van der Waals surface area contributed by atoms with E-state index < -0.39 is 0 Å². The van der Waals surface area contributed by atoms with Gasteiger partial charge >= 0.3 is 0 Å². The van der Waals surface area contributed by atoms with Crippen molar-refractivity contribution in [3.8, 4) is 5.75 Å². The highest BCUT2D eigenvalue weighted by atomic mass is 35.5. The average molecular weight is 447 g/mol. The number of nitrogens with two attached hydrogens (primary N) is 2. The number of ether oxygens (including phenoxy) is 1. The van der Waals surface area contributed by atoms with Gasteiger partial charge in [-0.2, -0.15) is 4.98 Å². The van der Waals surface area contributed by atoms with Crippen LogP contribution in [0.1, 0.15) is 37.3 Å². The molecule has 6 nitrogen and oxygen atoms in total. The van der Waals surface area contributed by atoms with Crippen LogP contribution in [0.15, 0.2) is 30.3 Å². The number of halogens is 3. The second-order valence-corrected chi connectivity index (χ2v) is 7.63. The lowest BCUT2D eigenvalue weighted by molar-refractivity contribution is 0.170. The molecule has 0 spiro atoms. The van der Waals surface area contributed by atoms with Crippen molar-refractivity contribution < 1.29 is 4.74 Å². The van der Waals surface area contributed by atoms with Crippen molar-refractivity contribution in [3.05, 3.63) is 41.0 Å². The van der Waals surface area contributed by atoms with Crippen molar-refractivity contribution in [1.82, 2.24) is 9.97 Å². The molecule has 154 valence electrons. The van der Waals surface area contributed by atoms with Crippen molar-refractivity contribution >= 4 is 48.2 Å². The number of piperidine rings is 1. The molecular formula is C19H26Cl3N5O. The maximum absolute atomic E-state index is 6.06. The first-order valence-corrected chi connectivity index (χ1v) is 9.52. The quantitative estimate of drug-likeness (QED) is 0.742. The lowest BCUT2D eigenvalue weighted by Gasteiger charge is -2.35. The number of aromatic nitrogens is 2. The number of benzene rings is 1. The third-order valence-electron chi connectivity index (χ3n) is 5.22. The van der Waals surface area contributed by atoms with Gasteiger partial charge in [0, 0.05) is 49.0 Å². The Hall–Kier alpha value is -1.47. The van der Waals surface area contributed by atoms with E-state index in [0.29, 0.717) is 17.9 Å². The summed E-state index contributed by atoms with van der Waals surface area (Å²) in [5.41, 5.74) is 12.9. The van der Waals surface area contributed by atoms with Gasteiger partial charge in [0.25, 0.3) is 0 Å². The molecule has 1 aliphatic heterocycles. The van der Waals surface area contributed by atoms with Crippen LogP contribution in [0.25, 0.3) is 0 Å². The van der Waals surface area contributed by atoms with E-state index in [2.05, 4.69) is 20.9 Å². The molecule has 1 saturated heterocycles. The second kappa shape index (κ2) is 9.83. The Bertz CT molecular complexity index is 763. The van der Waals surface area contributed by atoms with Crippen LogP contribution >= 0.6 is 36.4 Å². The molecule has 2 aromatic rings. The van der Waals surface area contributed by atoms with Crippen LogP contribution in [0.3, 0.4) is 0 Å². The Morgan fingerprint density at radius 3 is 2.29 bits per heavy atom. The highest BCUT2D eigenvalue weighted by Crippen LogP contribution is 2.36. The summed E-state index contributed by atoms with van der Waals surface area (Å²) >= 11 is 5.92. The Balaban J connectivity index is 0.00000140. The zero-order valence-electron chi connectivity index (χ0n) is 15.5. The number of rotatable bonds is 4. The van der Waals surface area contributed by atoms with E-state index in [4.69, 9.17) is 27.8 Å². The molecule has 28 heavy (non-hydrogen) atoms. The number of nitrogens with zero attached hydrogens (tertiary/aromatic N) is 3. The first-order chi connectivity index (χ1) is 12.6. The Morgan fingerprint density at radius 2 is 1.68 bits per heavy atom. The molecule has 0 radical (unpaired) electrons. The summed E-state index contributed by atoms with van der Waals surface area (Å²) in [4.78, 5) is 11.1. The van der Waals surface area contributed by atoms with Crippen molar-refractivity contribution in [2.75, 3.05) is 23.7 Å². The molecule has 0 unspecified atom stereocenters. The number of nitrogen functional groups attached to an aromatic ring is 1. The van der Waals surface area contributed by atoms with Crippen LogP contribution in [-0.2, 0) is 0 Å². The molecule has 2 aliphatic rings. The van der Waals surface area contributed by atoms with Crippen LogP contribution in [-0.4, -0.2) is 35.2 Å². The standard InChI is InChI=1S/C19H24ClN5O.2ClH/c20-13-1-3-15(4-2-13)26-16-5-7-25(8-6-16)18-11-17(23-19(22)24-18)12-9-14(21)10-12;;/h1-4,11-12,14,16H,5-10,21H2,(H2,22,23,24);2*1H. The molecule has 9 heteroatoms. The van der Waals surface area contributed by atoms with Gasteiger partial charge in [0.2, 0.25) is 5.95 Å². The Kier molecular flexibility index (Phi) is 8.01. The highest BCUT2D eigenvalue weighted by molar-refractivity contribution is 6.30. The van der Waals surface area contributed by atoms with Gasteiger partial charge < -0.3 is 21.1 Å². The SMILES string of the molecule is Cl.Cl.Nc1nc(C2CC(N)C2)cc(N2CCC(Oc3ccc(Cl)cc3)CC2)n1. The Labute approximate surface area is 182 Å². The predicted octanol–water partition coefficient (Wildman–Crippen LogP) is 3.81. The monoisotopic (exact) mass is 445 g/mol. The second-order valence-electron chi connectivity index (χ2n) is 7.20. The maximum Gasteiger partial charge on any atom is 0.222 e. The molecule has 1 aromatic heterocycles. The van der Waals surface area contributed by atoms with Gasteiger partial charge in [0.15, 0.2) is 0 Å². The largest absolute Gasteiger partial charge is 0.490 e. The maximum atomic E-state index is 6.06. The van der Waals surface area contributed by atoms with E-state index in [0.717, 1.165) is 61.1 Å². The summed E-state index contributed by atoms with van der Waals surface area (Å²) in [5.74, 6) is 2.54. The summed E-state index contributed by atoms with van der Waals surface area (Å²) in [5, 5.41) is 0.719. The molecular weight excluding hydrogens is 421 g/mol. The van der Waals surface area contributed by atoms with E-state index in [9.17, 15) is 0 Å². The summed E-state index contributed by atoms with van der Waals surface area (Å²) in [6, 6.07) is 9.89. The minimum Gasteiger partial charge on any atom is -0.490 e. The fourth-order valence-electron chi connectivity index (χ4n) is 3.65. The van der Waals surface area contributed by atoms with Gasteiger partial charge in [0.05, 0.1) is 5.69 Å². The summed E-state index contributed by atoms with van der Waals surface area (Å²) < 4.78 is 6.06. The first kappa shape index (κ1) is 22.8. The molecule has 0 atom stereocenters. The summed E-state index contributed by atoms with van der Waals surface area (Å²) in [7, 11) is 0. The zero-order chi connectivity index (χ0) is 18.1. The molecule has 0 bridgehead atoms. The van der Waals surface area contributed by atoms with Gasteiger partial charge in [-0.25, -0.2) is 4.98 Å². The molecule has 0 amide bonds. The number of hydrogen-bond acceptors (Lipinski definition) is 6. The van der Waals surface area contributed by atoms with Crippen LogP contribution in [0.4, 0.5) is 11.8 Å². The smallest absolute Gasteiger partial charge is 0.222 e. The van der Waals surface area contributed by atoms with E-state index in [1.54, 1.807) is 0 Å². The van der Waals surface area contributed by atoms with E-state index in [-0.39, 0.29) is 30.9 Å². The van der Waals surface area contributed by atoms with Gasteiger partial charge in [-0.15, -0.1) is 24.8 Å². The molecule has 1 aromatic carbocycles. The highest BCUT2D eigenvalue weighted by Gasteiger charge is 2.30. The average Bonchev–Trinajstić information content (AvgIpc) is 2.61. The molecule has 4 N–H and O–H groups in total. The van der Waals surface area contributed by atoms with Gasteiger partial charge in [-0.1, -0.05) is 11.6 Å². The van der Waals surface area contributed by atoms with Crippen molar-refractivity contribution in [3.63, 3.8) is 0 Å². The van der Waals surface area contributed by atoms with Gasteiger partial charge in [-0.3, -0.25) is 0 Å². The Morgan fingerprint density at radius 1 is 1.04 bits per heavy atom. The van der Waals surface area contributed by atoms with Gasteiger partial charge in [0.1, 0.15) is 17.7 Å². The van der Waals surface area contributed by atoms with E-state index in [1.165, 1.54) is 0 Å². The van der Waals surface area contributed by atoms with Crippen molar-refractivity contribution in [1.29, 1.82) is 0 Å². The first-order valence-electron chi connectivity index (χ1n) is 9.14. The number of hydrogen-bond donors (Lipinski definition) is 2. The van der Waals surface area contributed by atoms with Crippen LogP contribution in [0, 0.1) is 0 Å². The minimum atomic E-state index is 0. The van der Waals surface area contributed by atoms with Gasteiger partial charge in [-0.05, 0) is 37.1 Å². The normalized spacial score (nSPS) is 21.9. The van der Waals surface area contributed by atoms with Crippen LogP contribution in [0.5, 0.6) is 5.75 Å². The fraction of sp³-hybridized carbons (Fsp3) is 0.474. The van der Waals surface area contributed by atoms with Crippen molar-refractivity contribution in [2.45, 2.75) is 43.7 Å². The lowest BCUT2D eigenvalue weighted by atomic mass is 9.78. The predicted molar refractivity (Wildman–Crippen MR) is 118 cm³/mol. The molecule has 4 rings (SSSR count). The molecule has 1 aliphatic carbocycles.